The molecule has 1 saturated heterocycles. The lowest BCUT2D eigenvalue weighted by molar-refractivity contribution is 0.0685. The zero-order valence-electron chi connectivity index (χ0n) is 19.4. The third kappa shape index (κ3) is 7.34. The number of likely N-dealkylation sites (tertiary alicyclic amines) is 1. The number of unbranched alkanes of at least 4 members (excludes halogenated alkanes) is 1. The van der Waals surface area contributed by atoms with Crippen molar-refractivity contribution in [3.05, 3.63) is 59.5 Å². The lowest BCUT2D eigenvalue weighted by Gasteiger charge is -2.32. The molecule has 3 rings (SSSR count). The number of benzene rings is 1. The summed E-state index contributed by atoms with van der Waals surface area (Å²) in [5.41, 5.74) is 2.06. The highest BCUT2D eigenvalue weighted by Crippen LogP contribution is 2.24. The molecule has 0 radical (unpaired) electrons. The minimum Gasteiger partial charge on any atom is -0.494 e. The van der Waals surface area contributed by atoms with E-state index in [0.717, 1.165) is 56.6 Å². The highest BCUT2D eigenvalue weighted by Gasteiger charge is 2.23. The summed E-state index contributed by atoms with van der Waals surface area (Å²) in [6, 6.07) is 11.0. The highest BCUT2D eigenvalue weighted by molar-refractivity contribution is 5.94. The summed E-state index contributed by atoms with van der Waals surface area (Å²) in [5.74, 6) is 1.36. The maximum Gasteiger partial charge on any atom is 0.267 e. The molecule has 2 amide bonds. The fourth-order valence-corrected chi connectivity index (χ4v) is 4.12. The van der Waals surface area contributed by atoms with Crippen molar-refractivity contribution in [1.82, 2.24) is 15.2 Å². The number of aromatic nitrogens is 1. The SMILES string of the molecule is C=NC=Cc1ccc(C(=O)NCCCCC2CCN(C(=O)c3cccc(OCC)c3)CC2)[nH]1. The lowest BCUT2D eigenvalue weighted by Crippen LogP contribution is -2.38. The average Bonchev–Trinajstić information content (AvgIpc) is 3.32. The zero-order valence-corrected chi connectivity index (χ0v) is 19.4. The number of hydrogen-bond acceptors (Lipinski definition) is 4. The number of piperidine rings is 1. The zero-order chi connectivity index (χ0) is 23.5. The van der Waals surface area contributed by atoms with Crippen LogP contribution < -0.4 is 10.1 Å². The molecule has 0 saturated carbocycles. The predicted octanol–water partition coefficient (Wildman–Crippen LogP) is 4.54. The molecule has 1 aliphatic heterocycles. The quantitative estimate of drug-likeness (QED) is 0.389. The van der Waals surface area contributed by atoms with E-state index in [-0.39, 0.29) is 11.8 Å². The van der Waals surface area contributed by atoms with E-state index in [1.165, 1.54) is 0 Å². The van der Waals surface area contributed by atoms with Crippen LogP contribution in [0.5, 0.6) is 5.75 Å². The number of nitrogens with zero attached hydrogens (tertiary/aromatic N) is 2. The number of rotatable bonds is 11. The average molecular weight is 451 g/mol. The van der Waals surface area contributed by atoms with Crippen LogP contribution in [0, 0.1) is 5.92 Å². The second kappa shape index (κ2) is 12.6. The Morgan fingerprint density at radius 1 is 1.24 bits per heavy atom. The molecule has 0 spiro atoms. The lowest BCUT2D eigenvalue weighted by atomic mass is 9.91. The Morgan fingerprint density at radius 2 is 2.06 bits per heavy atom. The van der Waals surface area contributed by atoms with Gasteiger partial charge in [0.15, 0.2) is 0 Å². The second-order valence-corrected chi connectivity index (χ2v) is 8.27. The van der Waals surface area contributed by atoms with Crippen molar-refractivity contribution in [1.29, 1.82) is 0 Å². The summed E-state index contributed by atoms with van der Waals surface area (Å²) in [6.07, 6.45) is 8.54. The maximum absolute atomic E-state index is 12.8. The molecule has 176 valence electrons. The van der Waals surface area contributed by atoms with E-state index in [9.17, 15) is 9.59 Å². The molecule has 2 aromatic rings. The third-order valence-corrected chi connectivity index (χ3v) is 5.93. The van der Waals surface area contributed by atoms with Gasteiger partial charge in [-0.1, -0.05) is 18.9 Å². The second-order valence-electron chi connectivity index (χ2n) is 8.27. The van der Waals surface area contributed by atoms with Crippen LogP contribution >= 0.6 is 0 Å². The van der Waals surface area contributed by atoms with Crippen LogP contribution in [-0.4, -0.2) is 54.7 Å². The molecule has 0 atom stereocenters. The van der Waals surface area contributed by atoms with Crippen LogP contribution in [0.15, 0.2) is 47.6 Å². The van der Waals surface area contributed by atoms with E-state index in [4.69, 9.17) is 4.74 Å². The van der Waals surface area contributed by atoms with Crippen LogP contribution in [0.1, 0.15) is 65.6 Å². The molecule has 1 aromatic heterocycles. The number of aliphatic imine (C=N–C) groups is 1. The molecule has 0 bridgehead atoms. The molecule has 2 heterocycles. The number of hydrogen-bond donors (Lipinski definition) is 2. The molecule has 7 heteroatoms. The first kappa shape index (κ1) is 24.3. The van der Waals surface area contributed by atoms with E-state index in [1.54, 1.807) is 18.3 Å². The Morgan fingerprint density at radius 3 is 2.82 bits per heavy atom. The monoisotopic (exact) mass is 450 g/mol. The third-order valence-electron chi connectivity index (χ3n) is 5.93. The van der Waals surface area contributed by atoms with Crippen LogP contribution in [0.2, 0.25) is 0 Å². The minimum atomic E-state index is -0.0959. The molecule has 33 heavy (non-hydrogen) atoms. The Kier molecular flexibility index (Phi) is 9.30. The number of aromatic amines is 1. The van der Waals surface area contributed by atoms with Gasteiger partial charge < -0.3 is 19.9 Å². The molecule has 1 aliphatic rings. The molecule has 1 aromatic carbocycles. The van der Waals surface area contributed by atoms with Crippen molar-refractivity contribution in [3.63, 3.8) is 0 Å². The maximum atomic E-state index is 12.8. The van der Waals surface area contributed by atoms with Gasteiger partial charge in [0.05, 0.1) is 6.61 Å². The predicted molar refractivity (Wildman–Crippen MR) is 132 cm³/mol. The Balaban J connectivity index is 1.32. The van der Waals surface area contributed by atoms with Gasteiger partial charge in [-0.3, -0.25) is 14.6 Å². The van der Waals surface area contributed by atoms with E-state index < -0.39 is 0 Å². The topological polar surface area (TPSA) is 86.8 Å². The number of amides is 2. The molecule has 0 unspecified atom stereocenters. The summed E-state index contributed by atoms with van der Waals surface area (Å²) in [5, 5.41) is 2.97. The van der Waals surface area contributed by atoms with Crippen LogP contribution in [-0.2, 0) is 0 Å². The van der Waals surface area contributed by atoms with Crippen molar-refractivity contribution in [2.75, 3.05) is 26.2 Å². The van der Waals surface area contributed by atoms with Gasteiger partial charge in [-0.05, 0) is 75.2 Å². The number of carbonyl (C=O) groups is 2. The number of H-pyrrole nitrogens is 1. The highest BCUT2D eigenvalue weighted by atomic mass is 16.5. The summed E-state index contributed by atoms with van der Waals surface area (Å²) >= 11 is 0. The van der Waals surface area contributed by atoms with Gasteiger partial charge in [0, 0.05) is 37.1 Å². The number of nitrogens with one attached hydrogen (secondary N) is 2. The molecule has 7 nitrogen and oxygen atoms in total. The van der Waals surface area contributed by atoms with Gasteiger partial charge in [0.25, 0.3) is 11.8 Å². The fourth-order valence-electron chi connectivity index (χ4n) is 4.12. The van der Waals surface area contributed by atoms with Crippen molar-refractivity contribution < 1.29 is 14.3 Å². The van der Waals surface area contributed by atoms with E-state index >= 15 is 0 Å². The summed E-state index contributed by atoms with van der Waals surface area (Å²) in [4.78, 5) is 33.7. The minimum absolute atomic E-state index is 0.0847. The van der Waals surface area contributed by atoms with Gasteiger partial charge in [0.2, 0.25) is 0 Å². The van der Waals surface area contributed by atoms with Gasteiger partial charge in [-0.15, -0.1) is 0 Å². The first-order valence-corrected chi connectivity index (χ1v) is 11.7. The van der Waals surface area contributed by atoms with E-state index in [2.05, 4.69) is 22.0 Å². The van der Waals surface area contributed by atoms with Gasteiger partial charge >= 0.3 is 0 Å². The van der Waals surface area contributed by atoms with Crippen molar-refractivity contribution >= 4 is 24.6 Å². The van der Waals surface area contributed by atoms with Gasteiger partial charge in [0.1, 0.15) is 11.4 Å². The summed E-state index contributed by atoms with van der Waals surface area (Å²) in [6.45, 7) is 8.16. The van der Waals surface area contributed by atoms with E-state index in [1.807, 2.05) is 42.2 Å². The molecule has 2 N–H and O–H groups in total. The van der Waals surface area contributed by atoms with Crippen molar-refractivity contribution in [2.24, 2.45) is 10.9 Å². The first-order valence-electron chi connectivity index (χ1n) is 11.7. The van der Waals surface area contributed by atoms with Crippen molar-refractivity contribution in [3.8, 4) is 5.75 Å². The standard InChI is InChI=1S/C26H34N4O3/c1-3-33-23-9-6-8-21(19-23)26(32)30-17-13-20(14-18-30)7-4-5-15-28-25(31)24-11-10-22(29-24)12-16-27-2/h6,8-12,16,19-20,29H,2-5,7,13-15,17-18H2,1H3,(H,28,31). The van der Waals surface area contributed by atoms with Gasteiger partial charge in [-0.25, -0.2) is 0 Å². The van der Waals surface area contributed by atoms with Crippen LogP contribution in [0.3, 0.4) is 0 Å². The Bertz CT molecular complexity index is 958. The van der Waals surface area contributed by atoms with Crippen LogP contribution in [0.4, 0.5) is 0 Å². The van der Waals surface area contributed by atoms with Crippen molar-refractivity contribution in [2.45, 2.75) is 39.0 Å². The summed E-state index contributed by atoms with van der Waals surface area (Å²) in [7, 11) is 0. The smallest absolute Gasteiger partial charge is 0.267 e. The molecular formula is C26H34N4O3. The van der Waals surface area contributed by atoms with Crippen LogP contribution in [0.25, 0.3) is 6.08 Å². The Labute approximate surface area is 195 Å². The fraction of sp³-hybridized carbons (Fsp3) is 0.423. The van der Waals surface area contributed by atoms with E-state index in [0.29, 0.717) is 30.3 Å². The van der Waals surface area contributed by atoms with Gasteiger partial charge in [-0.2, -0.15) is 0 Å². The molecular weight excluding hydrogens is 416 g/mol. The molecule has 0 aliphatic carbocycles. The molecule has 1 fully saturated rings. The Hall–Kier alpha value is -3.35. The largest absolute Gasteiger partial charge is 0.494 e. The first-order chi connectivity index (χ1) is 16.1. The number of carbonyl (C=O) groups excluding carboxylic acids is 2. The number of ether oxygens (including phenoxy) is 1. The summed E-state index contributed by atoms with van der Waals surface area (Å²) < 4.78 is 5.51. The normalized spacial score (nSPS) is 14.4.